The summed E-state index contributed by atoms with van der Waals surface area (Å²) < 4.78 is 0. The number of aromatic nitrogens is 2. The summed E-state index contributed by atoms with van der Waals surface area (Å²) in [6, 6.07) is 0. The zero-order valence-corrected chi connectivity index (χ0v) is 10.0. The minimum atomic E-state index is -0.135. The molecular formula is C12H18N4O. The number of aryl methyl sites for hydroxylation is 1. The Bertz CT molecular complexity index is 437. The second-order valence-corrected chi connectivity index (χ2v) is 5.21. The summed E-state index contributed by atoms with van der Waals surface area (Å²) in [5, 5.41) is 9.90. The van der Waals surface area contributed by atoms with Crippen LogP contribution in [-0.2, 0) is 0 Å². The highest BCUT2D eigenvalue weighted by atomic mass is 16.3. The van der Waals surface area contributed by atoms with E-state index in [1.165, 1.54) is 0 Å². The van der Waals surface area contributed by atoms with Crippen LogP contribution in [0.3, 0.4) is 0 Å². The number of aliphatic hydroxyl groups is 1. The van der Waals surface area contributed by atoms with E-state index in [2.05, 4.69) is 14.9 Å². The quantitative estimate of drug-likeness (QED) is 0.743. The number of hydrogen-bond acceptors (Lipinski definition) is 5. The Morgan fingerprint density at radius 2 is 2.24 bits per heavy atom. The Labute approximate surface area is 101 Å². The molecule has 0 radical (unpaired) electrons. The van der Waals surface area contributed by atoms with Crippen LogP contribution in [0.5, 0.6) is 0 Å². The molecule has 1 aliphatic carbocycles. The van der Waals surface area contributed by atoms with Crippen LogP contribution in [0.25, 0.3) is 0 Å². The number of nitrogens with zero attached hydrogens (tertiary/aromatic N) is 3. The van der Waals surface area contributed by atoms with E-state index < -0.39 is 0 Å². The van der Waals surface area contributed by atoms with Crippen LogP contribution in [0, 0.1) is 18.8 Å². The Morgan fingerprint density at radius 3 is 3.00 bits per heavy atom. The normalized spacial score (nSPS) is 31.9. The van der Waals surface area contributed by atoms with Crippen molar-refractivity contribution in [1.82, 2.24) is 9.97 Å². The van der Waals surface area contributed by atoms with E-state index >= 15 is 0 Å². The molecule has 2 fully saturated rings. The van der Waals surface area contributed by atoms with Crippen LogP contribution < -0.4 is 10.6 Å². The molecule has 3 atom stereocenters. The second kappa shape index (κ2) is 3.84. The van der Waals surface area contributed by atoms with Gasteiger partial charge < -0.3 is 15.7 Å². The van der Waals surface area contributed by atoms with Crippen molar-refractivity contribution in [3.63, 3.8) is 0 Å². The average Bonchev–Trinajstić information content (AvgIpc) is 2.85. The second-order valence-electron chi connectivity index (χ2n) is 5.21. The van der Waals surface area contributed by atoms with Crippen molar-refractivity contribution in [2.24, 2.45) is 11.8 Å². The lowest BCUT2D eigenvalue weighted by Gasteiger charge is -2.21. The Balaban J connectivity index is 1.85. The fraction of sp³-hybridized carbons (Fsp3) is 0.667. The molecule has 0 spiro atoms. The first kappa shape index (κ1) is 10.8. The van der Waals surface area contributed by atoms with Crippen molar-refractivity contribution in [1.29, 1.82) is 0 Å². The highest BCUT2D eigenvalue weighted by molar-refractivity contribution is 5.49. The van der Waals surface area contributed by atoms with Gasteiger partial charge in [-0.25, -0.2) is 4.98 Å². The summed E-state index contributed by atoms with van der Waals surface area (Å²) in [5.74, 6) is 2.27. The van der Waals surface area contributed by atoms with Gasteiger partial charge in [0, 0.05) is 30.8 Å². The molecule has 5 heteroatoms. The minimum absolute atomic E-state index is 0.135. The lowest BCUT2D eigenvalue weighted by Crippen LogP contribution is -2.26. The summed E-state index contributed by atoms with van der Waals surface area (Å²) >= 11 is 0. The monoisotopic (exact) mass is 234 g/mol. The van der Waals surface area contributed by atoms with Gasteiger partial charge in [0.25, 0.3) is 0 Å². The fourth-order valence-corrected chi connectivity index (χ4v) is 3.18. The van der Waals surface area contributed by atoms with Gasteiger partial charge in [-0.2, -0.15) is 4.98 Å². The third-order valence-electron chi connectivity index (χ3n) is 4.08. The van der Waals surface area contributed by atoms with Gasteiger partial charge in [-0.15, -0.1) is 0 Å². The molecule has 1 aromatic heterocycles. The fourth-order valence-electron chi connectivity index (χ4n) is 3.18. The molecule has 0 bridgehead atoms. The van der Waals surface area contributed by atoms with Gasteiger partial charge in [-0.1, -0.05) is 0 Å². The molecule has 2 aliphatic rings. The highest BCUT2D eigenvalue weighted by Gasteiger charge is 2.42. The van der Waals surface area contributed by atoms with Crippen molar-refractivity contribution < 1.29 is 5.11 Å². The van der Waals surface area contributed by atoms with Crippen molar-refractivity contribution >= 4 is 11.8 Å². The predicted molar refractivity (Wildman–Crippen MR) is 65.6 cm³/mol. The first-order valence-corrected chi connectivity index (χ1v) is 6.17. The number of anilines is 2. The number of fused-ring (bicyclic) bond motifs is 1. The molecule has 3 unspecified atom stereocenters. The van der Waals surface area contributed by atoms with Crippen LogP contribution in [0.4, 0.5) is 11.8 Å². The van der Waals surface area contributed by atoms with Gasteiger partial charge in [0.2, 0.25) is 5.95 Å². The van der Waals surface area contributed by atoms with Crippen molar-refractivity contribution in [3.8, 4) is 0 Å². The number of hydrogen-bond donors (Lipinski definition) is 2. The van der Waals surface area contributed by atoms with Crippen molar-refractivity contribution in [2.75, 3.05) is 23.7 Å². The van der Waals surface area contributed by atoms with Gasteiger partial charge in [0.1, 0.15) is 5.82 Å². The van der Waals surface area contributed by atoms with E-state index in [1.54, 1.807) is 6.20 Å². The van der Waals surface area contributed by atoms with Crippen molar-refractivity contribution in [3.05, 3.63) is 11.8 Å². The third kappa shape index (κ3) is 1.74. The van der Waals surface area contributed by atoms with Gasteiger partial charge in [-0.3, -0.25) is 0 Å². The molecule has 1 saturated carbocycles. The summed E-state index contributed by atoms with van der Waals surface area (Å²) in [5.41, 5.74) is 6.69. The molecule has 5 nitrogen and oxygen atoms in total. The zero-order valence-electron chi connectivity index (χ0n) is 10.0. The van der Waals surface area contributed by atoms with E-state index in [0.29, 0.717) is 17.8 Å². The molecular weight excluding hydrogens is 216 g/mol. The maximum Gasteiger partial charge on any atom is 0.221 e. The largest absolute Gasteiger partial charge is 0.393 e. The van der Waals surface area contributed by atoms with Crippen molar-refractivity contribution in [2.45, 2.75) is 25.9 Å². The topological polar surface area (TPSA) is 75.3 Å². The maximum absolute atomic E-state index is 9.90. The molecule has 3 N–H and O–H groups in total. The molecule has 92 valence electrons. The first-order valence-electron chi connectivity index (χ1n) is 6.17. The van der Waals surface area contributed by atoms with Gasteiger partial charge in [0.05, 0.1) is 6.10 Å². The number of nitrogens with two attached hydrogens (primary N) is 1. The highest BCUT2D eigenvalue weighted by Crippen LogP contribution is 2.39. The van der Waals surface area contributed by atoms with Crippen LogP contribution in [0.15, 0.2) is 6.20 Å². The Morgan fingerprint density at radius 1 is 1.41 bits per heavy atom. The lowest BCUT2D eigenvalue weighted by atomic mass is 10.00. The number of rotatable bonds is 1. The summed E-state index contributed by atoms with van der Waals surface area (Å²) in [4.78, 5) is 10.5. The van der Waals surface area contributed by atoms with Crippen LogP contribution in [-0.4, -0.2) is 34.3 Å². The van der Waals surface area contributed by atoms with Gasteiger partial charge in [-0.05, 0) is 25.7 Å². The van der Waals surface area contributed by atoms with Crippen LogP contribution >= 0.6 is 0 Å². The Kier molecular flexibility index (Phi) is 2.43. The van der Waals surface area contributed by atoms with Gasteiger partial charge in [0.15, 0.2) is 0 Å². The van der Waals surface area contributed by atoms with E-state index in [0.717, 1.165) is 37.3 Å². The molecule has 17 heavy (non-hydrogen) atoms. The van der Waals surface area contributed by atoms with E-state index in [-0.39, 0.29) is 6.10 Å². The molecule has 3 rings (SSSR count). The summed E-state index contributed by atoms with van der Waals surface area (Å²) in [7, 11) is 0. The zero-order chi connectivity index (χ0) is 12.0. The Hall–Kier alpha value is -1.36. The molecule has 1 saturated heterocycles. The van der Waals surface area contributed by atoms with E-state index in [4.69, 9.17) is 5.73 Å². The predicted octanol–water partition coefficient (Wildman–Crippen LogP) is 0.574. The molecule has 1 aliphatic heterocycles. The number of nitrogen functional groups attached to an aromatic ring is 1. The maximum atomic E-state index is 9.90. The number of aliphatic hydroxyl groups excluding tert-OH is 1. The van der Waals surface area contributed by atoms with Crippen LogP contribution in [0.2, 0.25) is 0 Å². The average molecular weight is 234 g/mol. The first-order chi connectivity index (χ1) is 8.15. The van der Waals surface area contributed by atoms with Gasteiger partial charge >= 0.3 is 0 Å². The van der Waals surface area contributed by atoms with E-state index in [9.17, 15) is 5.11 Å². The smallest absolute Gasteiger partial charge is 0.221 e. The van der Waals surface area contributed by atoms with E-state index in [1.807, 2.05) is 6.92 Å². The third-order valence-corrected chi connectivity index (χ3v) is 4.08. The molecule has 2 heterocycles. The minimum Gasteiger partial charge on any atom is -0.393 e. The molecule has 1 aromatic rings. The standard InChI is InChI=1S/C12H18N4O/c1-7-4-14-12(13)15-11(7)16-5-8-2-3-10(17)9(8)6-16/h4,8-10,17H,2-3,5-6H2,1H3,(H2,13,14,15). The van der Waals surface area contributed by atoms with Crippen LogP contribution in [0.1, 0.15) is 18.4 Å². The summed E-state index contributed by atoms with van der Waals surface area (Å²) in [6.07, 6.45) is 3.71. The lowest BCUT2D eigenvalue weighted by molar-refractivity contribution is 0.133. The molecule has 0 aromatic carbocycles. The molecule has 0 amide bonds. The summed E-state index contributed by atoms with van der Waals surface area (Å²) in [6.45, 7) is 3.88. The SMILES string of the molecule is Cc1cnc(N)nc1N1CC2CCC(O)C2C1.